The summed E-state index contributed by atoms with van der Waals surface area (Å²) in [6, 6.07) is 1.29. The van der Waals surface area contributed by atoms with Gasteiger partial charge in [-0.05, 0) is 61.1 Å². The van der Waals surface area contributed by atoms with Crippen LogP contribution in [0.5, 0.6) is 0 Å². The van der Waals surface area contributed by atoms with E-state index in [1.807, 2.05) is 0 Å². The van der Waals surface area contributed by atoms with Gasteiger partial charge in [-0.1, -0.05) is 0 Å². The van der Waals surface area contributed by atoms with Gasteiger partial charge in [0.1, 0.15) is 0 Å². The highest BCUT2D eigenvalue weighted by molar-refractivity contribution is 4.95. The van der Waals surface area contributed by atoms with Crippen LogP contribution in [0.2, 0.25) is 0 Å². The van der Waals surface area contributed by atoms with Crippen LogP contribution in [0, 0.1) is 5.92 Å². The Balaban J connectivity index is 2.41. The Bertz CT molecular complexity index is 247. The fourth-order valence-electron chi connectivity index (χ4n) is 3.34. The van der Waals surface area contributed by atoms with Crippen molar-refractivity contribution in [3.63, 3.8) is 0 Å². The molecule has 0 aromatic heterocycles. The average molecular weight is 256 g/mol. The highest BCUT2D eigenvalue weighted by Gasteiger charge is 2.41. The molecule has 0 bridgehead atoms. The number of hydrogen-bond donors (Lipinski definition) is 0. The third-order valence-corrected chi connectivity index (χ3v) is 4.03. The molecule has 0 N–H and O–H groups in total. The van der Waals surface area contributed by atoms with E-state index in [0.29, 0.717) is 18.0 Å². The SMILES string of the molecule is C[C@@H]1C[C@H](COCCN(C)C)[C@@H](C)N1C(C)(C)C. The molecule has 1 fully saturated rings. The standard InChI is InChI=1S/C15H32N2O/c1-12-10-14(11-18-9-8-16(6)7)13(2)17(12)15(3,4)5/h12-14H,8-11H2,1-7H3/t12-,13-,14-/m1/s1. The lowest BCUT2D eigenvalue weighted by atomic mass is 10.00. The molecule has 3 heteroatoms. The molecule has 1 aliphatic heterocycles. The smallest absolute Gasteiger partial charge is 0.0593 e. The Morgan fingerprint density at radius 1 is 1.22 bits per heavy atom. The first-order chi connectivity index (χ1) is 8.23. The fraction of sp³-hybridized carbons (Fsp3) is 1.00. The van der Waals surface area contributed by atoms with Crippen LogP contribution in [0.15, 0.2) is 0 Å². The molecule has 0 aliphatic carbocycles. The molecule has 0 saturated carbocycles. The molecule has 3 atom stereocenters. The molecule has 3 nitrogen and oxygen atoms in total. The summed E-state index contributed by atoms with van der Waals surface area (Å²) >= 11 is 0. The van der Waals surface area contributed by atoms with E-state index in [1.165, 1.54) is 6.42 Å². The van der Waals surface area contributed by atoms with Crippen molar-refractivity contribution in [2.75, 3.05) is 33.9 Å². The Morgan fingerprint density at radius 2 is 1.83 bits per heavy atom. The summed E-state index contributed by atoms with van der Waals surface area (Å²) in [6.07, 6.45) is 1.26. The van der Waals surface area contributed by atoms with E-state index in [9.17, 15) is 0 Å². The maximum Gasteiger partial charge on any atom is 0.0593 e. The topological polar surface area (TPSA) is 15.7 Å². The van der Waals surface area contributed by atoms with Gasteiger partial charge in [0.2, 0.25) is 0 Å². The number of likely N-dealkylation sites (N-methyl/N-ethyl adjacent to an activating group) is 1. The third-order valence-electron chi connectivity index (χ3n) is 4.03. The average Bonchev–Trinajstić information content (AvgIpc) is 2.47. The second-order valence-corrected chi connectivity index (χ2v) is 7.04. The maximum absolute atomic E-state index is 5.84. The van der Waals surface area contributed by atoms with Gasteiger partial charge < -0.3 is 9.64 Å². The molecule has 0 aromatic rings. The quantitative estimate of drug-likeness (QED) is 0.703. The number of hydrogen-bond acceptors (Lipinski definition) is 3. The maximum atomic E-state index is 5.84. The molecule has 0 amide bonds. The first-order valence-corrected chi connectivity index (χ1v) is 7.24. The van der Waals surface area contributed by atoms with Crippen molar-refractivity contribution in [3.8, 4) is 0 Å². The first kappa shape index (κ1) is 15.9. The molecule has 1 aliphatic rings. The predicted octanol–water partition coefficient (Wildman–Crippen LogP) is 2.46. The van der Waals surface area contributed by atoms with Crippen LogP contribution < -0.4 is 0 Å². The molecule has 0 spiro atoms. The molecular weight excluding hydrogens is 224 g/mol. The summed E-state index contributed by atoms with van der Waals surface area (Å²) in [6.45, 7) is 14.4. The summed E-state index contributed by atoms with van der Waals surface area (Å²) in [5, 5.41) is 0. The molecule has 108 valence electrons. The Labute approximate surface area is 113 Å². The second kappa shape index (κ2) is 6.36. The summed E-state index contributed by atoms with van der Waals surface area (Å²) in [5.41, 5.74) is 0.261. The molecule has 1 heterocycles. The fourth-order valence-corrected chi connectivity index (χ4v) is 3.34. The van der Waals surface area contributed by atoms with Crippen molar-refractivity contribution in [2.45, 2.75) is 58.7 Å². The van der Waals surface area contributed by atoms with Gasteiger partial charge in [0.25, 0.3) is 0 Å². The summed E-state index contributed by atoms with van der Waals surface area (Å²) < 4.78 is 5.84. The van der Waals surface area contributed by atoms with Crippen LogP contribution in [0.3, 0.4) is 0 Å². The molecular formula is C15H32N2O. The number of ether oxygens (including phenoxy) is 1. The van der Waals surface area contributed by atoms with Gasteiger partial charge >= 0.3 is 0 Å². The van der Waals surface area contributed by atoms with Crippen molar-refractivity contribution in [1.82, 2.24) is 9.80 Å². The molecule has 1 saturated heterocycles. The van der Waals surface area contributed by atoms with Gasteiger partial charge in [0.15, 0.2) is 0 Å². The number of nitrogens with zero attached hydrogens (tertiary/aromatic N) is 2. The Hall–Kier alpha value is -0.120. The largest absolute Gasteiger partial charge is 0.380 e. The summed E-state index contributed by atoms with van der Waals surface area (Å²) in [5.74, 6) is 0.682. The minimum atomic E-state index is 0.261. The van der Waals surface area contributed by atoms with Crippen LogP contribution in [0.4, 0.5) is 0 Å². The minimum absolute atomic E-state index is 0.261. The van der Waals surface area contributed by atoms with Crippen LogP contribution in [-0.2, 0) is 4.74 Å². The van der Waals surface area contributed by atoms with Gasteiger partial charge in [-0.3, -0.25) is 4.90 Å². The molecule has 0 unspecified atom stereocenters. The molecule has 1 rings (SSSR count). The van der Waals surface area contributed by atoms with Gasteiger partial charge in [-0.2, -0.15) is 0 Å². The van der Waals surface area contributed by atoms with Crippen LogP contribution in [0.25, 0.3) is 0 Å². The van der Waals surface area contributed by atoms with Crippen molar-refractivity contribution in [2.24, 2.45) is 5.92 Å². The summed E-state index contributed by atoms with van der Waals surface area (Å²) in [7, 11) is 4.18. The van der Waals surface area contributed by atoms with Crippen molar-refractivity contribution in [3.05, 3.63) is 0 Å². The Kier molecular flexibility index (Phi) is 5.63. The lowest BCUT2D eigenvalue weighted by Gasteiger charge is -2.39. The van der Waals surface area contributed by atoms with Crippen molar-refractivity contribution in [1.29, 1.82) is 0 Å². The van der Waals surface area contributed by atoms with Crippen LogP contribution >= 0.6 is 0 Å². The first-order valence-electron chi connectivity index (χ1n) is 7.24. The highest BCUT2D eigenvalue weighted by Crippen LogP contribution is 2.35. The highest BCUT2D eigenvalue weighted by atomic mass is 16.5. The molecule has 18 heavy (non-hydrogen) atoms. The molecule has 0 radical (unpaired) electrons. The zero-order chi connectivity index (χ0) is 13.9. The van der Waals surface area contributed by atoms with Gasteiger partial charge in [0.05, 0.1) is 13.2 Å². The van der Waals surface area contributed by atoms with E-state index in [1.54, 1.807) is 0 Å². The van der Waals surface area contributed by atoms with E-state index in [4.69, 9.17) is 4.74 Å². The van der Waals surface area contributed by atoms with Gasteiger partial charge in [-0.15, -0.1) is 0 Å². The Morgan fingerprint density at radius 3 is 2.28 bits per heavy atom. The van der Waals surface area contributed by atoms with E-state index >= 15 is 0 Å². The van der Waals surface area contributed by atoms with E-state index in [2.05, 4.69) is 58.5 Å². The van der Waals surface area contributed by atoms with Crippen molar-refractivity contribution < 1.29 is 4.74 Å². The lowest BCUT2D eigenvalue weighted by molar-refractivity contribution is 0.0508. The van der Waals surface area contributed by atoms with E-state index < -0.39 is 0 Å². The number of likely N-dealkylation sites (tertiary alicyclic amines) is 1. The van der Waals surface area contributed by atoms with Crippen LogP contribution in [0.1, 0.15) is 41.0 Å². The van der Waals surface area contributed by atoms with E-state index in [-0.39, 0.29) is 5.54 Å². The normalized spacial score (nSPS) is 30.3. The monoisotopic (exact) mass is 256 g/mol. The second-order valence-electron chi connectivity index (χ2n) is 7.04. The molecule has 0 aromatic carbocycles. The predicted molar refractivity (Wildman–Crippen MR) is 78.0 cm³/mol. The minimum Gasteiger partial charge on any atom is -0.380 e. The van der Waals surface area contributed by atoms with Crippen molar-refractivity contribution >= 4 is 0 Å². The van der Waals surface area contributed by atoms with Gasteiger partial charge in [-0.25, -0.2) is 0 Å². The van der Waals surface area contributed by atoms with Crippen LogP contribution in [-0.4, -0.2) is 61.3 Å². The summed E-state index contributed by atoms with van der Waals surface area (Å²) in [4.78, 5) is 4.81. The third kappa shape index (κ3) is 4.22. The zero-order valence-corrected chi connectivity index (χ0v) is 13.4. The van der Waals surface area contributed by atoms with Gasteiger partial charge in [0, 0.05) is 24.2 Å². The van der Waals surface area contributed by atoms with E-state index in [0.717, 1.165) is 19.8 Å². The number of rotatable bonds is 5. The zero-order valence-electron chi connectivity index (χ0n) is 13.4. The lowest BCUT2D eigenvalue weighted by Crippen LogP contribution is -2.48.